The minimum absolute atomic E-state index is 0.0120. The molecule has 0 aliphatic carbocycles. The molecule has 0 N–H and O–H groups in total. The van der Waals surface area contributed by atoms with E-state index >= 15 is 0 Å². The Kier molecular flexibility index (Phi) is 11.8. The van der Waals surface area contributed by atoms with Crippen molar-refractivity contribution in [3.8, 4) is 11.5 Å². The van der Waals surface area contributed by atoms with Gasteiger partial charge >= 0.3 is 0 Å². The van der Waals surface area contributed by atoms with E-state index in [9.17, 15) is 9.59 Å². The number of benzene rings is 1. The lowest BCUT2D eigenvalue weighted by molar-refractivity contribution is -0.141. The maximum Gasteiger partial charge on any atom is 0.242 e. The Balaban J connectivity index is 2.12. The third-order valence-corrected chi connectivity index (χ3v) is 6.18. The van der Waals surface area contributed by atoms with E-state index < -0.39 is 0 Å². The monoisotopic (exact) mass is 476 g/mol. The third kappa shape index (κ3) is 8.70. The van der Waals surface area contributed by atoms with Crippen molar-refractivity contribution in [2.24, 2.45) is 0 Å². The van der Waals surface area contributed by atoms with E-state index in [1.165, 1.54) is 0 Å². The summed E-state index contributed by atoms with van der Waals surface area (Å²) in [6.45, 7) is 4.19. The number of hydrogen-bond donors (Lipinski definition) is 0. The van der Waals surface area contributed by atoms with Crippen LogP contribution in [0.1, 0.15) is 36.6 Å². The van der Waals surface area contributed by atoms with Crippen molar-refractivity contribution in [2.75, 3.05) is 47.6 Å². The highest BCUT2D eigenvalue weighted by atomic mass is 32.1. The van der Waals surface area contributed by atoms with Gasteiger partial charge in [0.05, 0.1) is 27.3 Å². The predicted molar refractivity (Wildman–Crippen MR) is 131 cm³/mol. The minimum atomic E-state index is -0.0502. The fourth-order valence-corrected chi connectivity index (χ4v) is 4.23. The van der Waals surface area contributed by atoms with Crippen LogP contribution in [-0.4, -0.2) is 69.2 Å². The molecular formula is C25H36N2O5S. The molecule has 182 valence electrons. The first-order valence-corrected chi connectivity index (χ1v) is 12.2. The summed E-state index contributed by atoms with van der Waals surface area (Å²) in [5, 5.41) is 2.01. The molecule has 1 heterocycles. The summed E-state index contributed by atoms with van der Waals surface area (Å²) in [7, 11) is 4.86. The summed E-state index contributed by atoms with van der Waals surface area (Å²) < 4.78 is 15.9. The second-order valence-electron chi connectivity index (χ2n) is 7.75. The van der Waals surface area contributed by atoms with E-state index in [1.807, 2.05) is 47.5 Å². The molecule has 2 rings (SSSR count). The van der Waals surface area contributed by atoms with Gasteiger partial charge in [0.1, 0.15) is 0 Å². The Hall–Kier alpha value is -2.58. The van der Waals surface area contributed by atoms with Crippen molar-refractivity contribution in [1.82, 2.24) is 9.80 Å². The third-order valence-electron chi connectivity index (χ3n) is 5.32. The highest BCUT2D eigenvalue weighted by Gasteiger charge is 2.21. The van der Waals surface area contributed by atoms with E-state index in [-0.39, 0.29) is 18.4 Å². The predicted octanol–water partition coefficient (Wildman–Crippen LogP) is 4.00. The zero-order chi connectivity index (χ0) is 24.1. The van der Waals surface area contributed by atoms with E-state index in [0.717, 1.165) is 16.9 Å². The number of methoxy groups -OCH3 is 3. The summed E-state index contributed by atoms with van der Waals surface area (Å²) in [4.78, 5) is 30.6. The molecule has 2 amide bonds. The summed E-state index contributed by atoms with van der Waals surface area (Å²) in [6, 6.07) is 9.81. The highest BCUT2D eigenvalue weighted by molar-refractivity contribution is 7.09. The molecule has 0 aliphatic heterocycles. The van der Waals surface area contributed by atoms with Crippen LogP contribution >= 0.6 is 11.3 Å². The van der Waals surface area contributed by atoms with Crippen LogP contribution in [0, 0.1) is 0 Å². The molecule has 0 radical (unpaired) electrons. The summed E-state index contributed by atoms with van der Waals surface area (Å²) in [5.41, 5.74) is 1.05. The van der Waals surface area contributed by atoms with Gasteiger partial charge in [0.15, 0.2) is 11.5 Å². The summed E-state index contributed by atoms with van der Waals surface area (Å²) in [6.07, 6.45) is 2.57. The second kappa shape index (κ2) is 14.5. The number of nitrogens with zero attached hydrogens (tertiary/aromatic N) is 2. The Labute approximate surface area is 201 Å². The van der Waals surface area contributed by atoms with Crippen LogP contribution in [0.15, 0.2) is 35.7 Å². The fourth-order valence-electron chi connectivity index (χ4n) is 3.51. The Morgan fingerprint density at radius 1 is 0.970 bits per heavy atom. The number of carbonyl (C=O) groups excluding carboxylic acids is 2. The number of hydrogen-bond acceptors (Lipinski definition) is 6. The van der Waals surface area contributed by atoms with Crippen molar-refractivity contribution in [2.45, 2.75) is 39.2 Å². The van der Waals surface area contributed by atoms with Gasteiger partial charge < -0.3 is 24.0 Å². The van der Waals surface area contributed by atoms with Crippen molar-refractivity contribution >= 4 is 23.2 Å². The van der Waals surface area contributed by atoms with Crippen LogP contribution in [0.5, 0.6) is 11.5 Å². The zero-order valence-electron chi connectivity index (χ0n) is 20.2. The molecule has 33 heavy (non-hydrogen) atoms. The van der Waals surface area contributed by atoms with E-state index in [4.69, 9.17) is 14.2 Å². The standard InChI is InChI=1S/C25H36N2O5S/c1-5-8-24(28)26(13-7-15-30-2)19-25(29)27(18-21-9-6-16-33-21)14-12-20-10-11-22(31-3)23(17-20)32-4/h6,9-11,16-17H,5,7-8,12-15,18-19H2,1-4H3. The lowest BCUT2D eigenvalue weighted by Gasteiger charge is -2.28. The largest absolute Gasteiger partial charge is 0.493 e. The van der Waals surface area contributed by atoms with Crippen molar-refractivity contribution in [1.29, 1.82) is 0 Å². The van der Waals surface area contributed by atoms with E-state index in [1.54, 1.807) is 37.6 Å². The quantitative estimate of drug-likeness (QED) is 0.364. The molecule has 0 fully saturated rings. The van der Waals surface area contributed by atoms with Gasteiger partial charge in [-0.15, -0.1) is 11.3 Å². The first kappa shape index (κ1) is 26.7. The van der Waals surface area contributed by atoms with E-state index in [0.29, 0.717) is 57.0 Å². The average molecular weight is 477 g/mol. The van der Waals surface area contributed by atoms with Crippen LogP contribution < -0.4 is 9.47 Å². The first-order valence-electron chi connectivity index (χ1n) is 11.3. The number of thiophene rings is 1. The van der Waals surface area contributed by atoms with Gasteiger partial charge in [0, 0.05) is 38.1 Å². The maximum atomic E-state index is 13.3. The molecule has 0 saturated carbocycles. The molecular weight excluding hydrogens is 440 g/mol. The van der Waals surface area contributed by atoms with Gasteiger partial charge in [0.2, 0.25) is 11.8 Å². The topological polar surface area (TPSA) is 68.3 Å². The van der Waals surface area contributed by atoms with Crippen molar-refractivity contribution in [3.63, 3.8) is 0 Å². The molecule has 1 aromatic carbocycles. The smallest absolute Gasteiger partial charge is 0.242 e. The Bertz CT molecular complexity index is 856. The van der Waals surface area contributed by atoms with Crippen LogP contribution in [0.4, 0.5) is 0 Å². The molecule has 0 aliphatic rings. The van der Waals surface area contributed by atoms with Gasteiger partial charge in [-0.1, -0.05) is 19.1 Å². The fraction of sp³-hybridized carbons (Fsp3) is 0.520. The van der Waals surface area contributed by atoms with Crippen LogP contribution in [0.3, 0.4) is 0 Å². The van der Waals surface area contributed by atoms with Crippen LogP contribution in [0.25, 0.3) is 0 Å². The van der Waals surface area contributed by atoms with Crippen molar-refractivity contribution in [3.05, 3.63) is 46.2 Å². The Morgan fingerprint density at radius 2 is 1.76 bits per heavy atom. The molecule has 0 unspecified atom stereocenters. The number of rotatable bonds is 15. The molecule has 8 heteroatoms. The molecule has 1 aromatic heterocycles. The van der Waals surface area contributed by atoms with E-state index in [2.05, 4.69) is 0 Å². The number of amides is 2. The number of ether oxygens (including phenoxy) is 3. The Morgan fingerprint density at radius 3 is 2.39 bits per heavy atom. The highest BCUT2D eigenvalue weighted by Crippen LogP contribution is 2.28. The minimum Gasteiger partial charge on any atom is -0.493 e. The van der Waals surface area contributed by atoms with Crippen LogP contribution in [-0.2, 0) is 27.3 Å². The van der Waals surface area contributed by atoms with Gasteiger partial charge in [-0.05, 0) is 48.4 Å². The van der Waals surface area contributed by atoms with Gasteiger partial charge in [-0.2, -0.15) is 0 Å². The second-order valence-corrected chi connectivity index (χ2v) is 8.78. The summed E-state index contributed by atoms with van der Waals surface area (Å²) in [5.74, 6) is 1.30. The molecule has 0 saturated heterocycles. The molecule has 2 aromatic rings. The molecule has 0 bridgehead atoms. The zero-order valence-corrected chi connectivity index (χ0v) is 21.0. The molecule has 0 spiro atoms. The average Bonchev–Trinajstić information content (AvgIpc) is 3.34. The van der Waals surface area contributed by atoms with Gasteiger partial charge in [-0.25, -0.2) is 0 Å². The lowest BCUT2D eigenvalue weighted by Crippen LogP contribution is -2.43. The lowest BCUT2D eigenvalue weighted by atomic mass is 10.1. The SMILES string of the molecule is CCCC(=O)N(CCCOC)CC(=O)N(CCc1ccc(OC)c(OC)c1)Cc1cccs1. The first-order chi connectivity index (χ1) is 16.0. The van der Waals surface area contributed by atoms with Crippen LogP contribution in [0.2, 0.25) is 0 Å². The van der Waals surface area contributed by atoms with Crippen molar-refractivity contribution < 1.29 is 23.8 Å². The van der Waals surface area contributed by atoms with Gasteiger partial charge in [-0.3, -0.25) is 9.59 Å². The van der Waals surface area contributed by atoms with Gasteiger partial charge in [0.25, 0.3) is 0 Å². The molecule has 7 nitrogen and oxygen atoms in total. The normalized spacial score (nSPS) is 10.7. The number of carbonyl (C=O) groups is 2. The summed E-state index contributed by atoms with van der Waals surface area (Å²) >= 11 is 1.62. The maximum absolute atomic E-state index is 13.3. The molecule has 0 atom stereocenters.